The summed E-state index contributed by atoms with van der Waals surface area (Å²) in [5.41, 5.74) is 0.488. The molecule has 2 aliphatic rings. The highest BCUT2D eigenvalue weighted by atomic mass is 16.3. The Bertz CT molecular complexity index is 928. The first-order valence-electron chi connectivity index (χ1n) is 11.5. The van der Waals surface area contributed by atoms with Crippen molar-refractivity contribution in [3.63, 3.8) is 0 Å². The summed E-state index contributed by atoms with van der Waals surface area (Å²) >= 11 is 0. The smallest absolute Gasteiger partial charge is 0.248 e. The van der Waals surface area contributed by atoms with Gasteiger partial charge in [-0.3, -0.25) is 9.59 Å². The summed E-state index contributed by atoms with van der Waals surface area (Å²) in [5, 5.41) is 21.8. The minimum absolute atomic E-state index is 0.150. The maximum absolute atomic E-state index is 13.7. The average Bonchev–Trinajstić information content (AvgIpc) is 3.11. The lowest BCUT2D eigenvalue weighted by Gasteiger charge is -2.34. The molecule has 174 valence electrons. The number of hydrogen-bond donors (Lipinski definition) is 2. The van der Waals surface area contributed by atoms with Gasteiger partial charge in [-0.2, -0.15) is 0 Å². The third kappa shape index (κ3) is 5.03. The lowest BCUT2D eigenvalue weighted by Crippen LogP contribution is -2.50. The molecule has 3 heterocycles. The number of nitrogens with one attached hydrogen (secondary N) is 1. The van der Waals surface area contributed by atoms with Crippen LogP contribution in [0.3, 0.4) is 0 Å². The molecule has 0 bridgehead atoms. The maximum atomic E-state index is 13.7. The van der Waals surface area contributed by atoms with Gasteiger partial charge >= 0.3 is 0 Å². The van der Waals surface area contributed by atoms with Crippen LogP contribution in [-0.4, -0.2) is 66.6 Å². The van der Waals surface area contributed by atoms with Gasteiger partial charge in [0.15, 0.2) is 0 Å². The van der Waals surface area contributed by atoms with Crippen LogP contribution in [0, 0.1) is 5.41 Å². The van der Waals surface area contributed by atoms with E-state index in [2.05, 4.69) is 20.2 Å². The van der Waals surface area contributed by atoms with Gasteiger partial charge in [-0.25, -0.2) is 4.68 Å². The predicted octanol–water partition coefficient (Wildman–Crippen LogP) is 1.71. The van der Waals surface area contributed by atoms with Crippen LogP contribution in [0.1, 0.15) is 64.1 Å². The number of carbonyl (C=O) groups excluding carboxylic acids is 2. The summed E-state index contributed by atoms with van der Waals surface area (Å²) in [6.45, 7) is 7.43. The van der Waals surface area contributed by atoms with Gasteiger partial charge in [0.25, 0.3) is 0 Å². The standard InChI is InChI=1S/C23H34N6O3/c1-23(2,3)20(29-15-18(25-26-29)16-7-8-16)22(32)28-14-17(30)13-19(28)21(31)24-9-6-12-27-10-4-5-11-27/h4-5,10-11,15-17,19-20,30H,6-9,12-14H2,1-3H3,(H,24,31)/t17-,19+,20-/m1/s1. The largest absolute Gasteiger partial charge is 0.391 e. The van der Waals surface area contributed by atoms with Crippen molar-refractivity contribution in [3.8, 4) is 0 Å². The van der Waals surface area contributed by atoms with Gasteiger partial charge in [0.2, 0.25) is 11.8 Å². The van der Waals surface area contributed by atoms with Crippen LogP contribution in [0.4, 0.5) is 0 Å². The van der Waals surface area contributed by atoms with Crippen LogP contribution in [0.25, 0.3) is 0 Å². The Hall–Kier alpha value is -2.68. The molecule has 4 rings (SSSR count). The van der Waals surface area contributed by atoms with Gasteiger partial charge < -0.3 is 19.9 Å². The molecular formula is C23H34N6O3. The molecule has 1 saturated carbocycles. The Morgan fingerprint density at radius 1 is 1.25 bits per heavy atom. The van der Waals surface area contributed by atoms with Gasteiger partial charge in [-0.1, -0.05) is 26.0 Å². The zero-order valence-corrected chi connectivity index (χ0v) is 19.1. The van der Waals surface area contributed by atoms with Crippen LogP contribution >= 0.6 is 0 Å². The van der Waals surface area contributed by atoms with E-state index in [0.717, 1.165) is 31.5 Å². The third-order valence-corrected chi connectivity index (χ3v) is 6.27. The van der Waals surface area contributed by atoms with E-state index in [0.29, 0.717) is 12.5 Å². The topological polar surface area (TPSA) is 105 Å². The van der Waals surface area contributed by atoms with Gasteiger partial charge in [0, 0.05) is 50.6 Å². The molecule has 0 spiro atoms. The van der Waals surface area contributed by atoms with Crippen LogP contribution in [0.15, 0.2) is 30.7 Å². The fourth-order valence-electron chi connectivity index (χ4n) is 4.44. The van der Waals surface area contributed by atoms with Gasteiger partial charge in [0.05, 0.1) is 11.8 Å². The molecule has 0 unspecified atom stereocenters. The van der Waals surface area contributed by atoms with Crippen molar-refractivity contribution >= 4 is 11.8 Å². The number of aromatic nitrogens is 4. The van der Waals surface area contributed by atoms with Crippen molar-refractivity contribution in [2.75, 3.05) is 13.1 Å². The molecule has 1 aliphatic carbocycles. The summed E-state index contributed by atoms with van der Waals surface area (Å²) in [5.74, 6) is 0.0271. The number of β-amino-alcohol motifs (C(OH)–C–C–N with tert-alkyl or cyclic N) is 1. The summed E-state index contributed by atoms with van der Waals surface area (Å²) in [4.78, 5) is 28.1. The number of aliphatic hydroxyl groups is 1. The molecule has 0 aromatic carbocycles. The zero-order chi connectivity index (χ0) is 22.9. The van der Waals surface area contributed by atoms with Crippen LogP contribution in [0.5, 0.6) is 0 Å². The summed E-state index contributed by atoms with van der Waals surface area (Å²) < 4.78 is 3.70. The van der Waals surface area contributed by atoms with E-state index in [-0.39, 0.29) is 24.8 Å². The molecule has 3 atom stereocenters. The Kier molecular flexibility index (Phi) is 6.37. The average molecular weight is 443 g/mol. The summed E-state index contributed by atoms with van der Waals surface area (Å²) in [6, 6.07) is 2.66. The Balaban J connectivity index is 1.43. The lowest BCUT2D eigenvalue weighted by molar-refractivity contribution is -0.144. The first-order chi connectivity index (χ1) is 15.2. The van der Waals surface area contributed by atoms with E-state index in [1.807, 2.05) is 51.5 Å². The number of rotatable bonds is 8. The normalized spacial score (nSPS) is 22.2. The van der Waals surface area contributed by atoms with E-state index in [1.165, 1.54) is 4.90 Å². The molecule has 1 aliphatic heterocycles. The van der Waals surface area contributed by atoms with Crippen molar-refractivity contribution in [1.29, 1.82) is 0 Å². The Labute approximate surface area is 188 Å². The van der Waals surface area contributed by atoms with Crippen molar-refractivity contribution in [1.82, 2.24) is 29.8 Å². The fourth-order valence-corrected chi connectivity index (χ4v) is 4.44. The molecule has 2 N–H and O–H groups in total. The minimum Gasteiger partial charge on any atom is -0.391 e. The molecule has 32 heavy (non-hydrogen) atoms. The number of aliphatic hydroxyl groups excluding tert-OH is 1. The number of amides is 2. The van der Waals surface area contributed by atoms with Gasteiger partial charge in [-0.15, -0.1) is 5.10 Å². The second kappa shape index (κ2) is 9.05. The Morgan fingerprint density at radius 3 is 2.62 bits per heavy atom. The zero-order valence-electron chi connectivity index (χ0n) is 19.1. The molecule has 2 aromatic heterocycles. The second-order valence-electron chi connectivity index (χ2n) is 10.1. The number of aryl methyl sites for hydroxylation is 1. The van der Waals surface area contributed by atoms with Crippen LogP contribution in [0.2, 0.25) is 0 Å². The van der Waals surface area contributed by atoms with Crippen LogP contribution in [-0.2, 0) is 16.1 Å². The number of likely N-dealkylation sites (tertiary alicyclic amines) is 1. The highest BCUT2D eigenvalue weighted by molar-refractivity contribution is 5.90. The SMILES string of the molecule is CC(C)(C)[C@@H](C(=O)N1C[C@H](O)C[C@H]1C(=O)NCCCn1cccc1)n1cc(C2CC2)nn1. The number of carbonyl (C=O) groups is 2. The second-order valence-corrected chi connectivity index (χ2v) is 10.1. The molecule has 1 saturated heterocycles. The van der Waals surface area contributed by atoms with E-state index in [9.17, 15) is 14.7 Å². The molecule has 0 radical (unpaired) electrons. The van der Waals surface area contributed by atoms with Crippen molar-refractivity contribution in [2.45, 2.75) is 77.1 Å². The lowest BCUT2D eigenvalue weighted by atomic mass is 9.85. The maximum Gasteiger partial charge on any atom is 0.248 e. The number of nitrogens with zero attached hydrogens (tertiary/aromatic N) is 5. The molecule has 9 nitrogen and oxygen atoms in total. The van der Waals surface area contributed by atoms with Gasteiger partial charge in [-0.05, 0) is 36.8 Å². The predicted molar refractivity (Wildman–Crippen MR) is 119 cm³/mol. The van der Waals surface area contributed by atoms with E-state index in [1.54, 1.807) is 4.68 Å². The van der Waals surface area contributed by atoms with Crippen molar-refractivity contribution < 1.29 is 14.7 Å². The molecule has 2 fully saturated rings. The summed E-state index contributed by atoms with van der Waals surface area (Å²) in [6.07, 6.45) is 8.38. The highest BCUT2D eigenvalue weighted by Gasteiger charge is 2.45. The van der Waals surface area contributed by atoms with Crippen molar-refractivity contribution in [2.24, 2.45) is 5.41 Å². The van der Waals surface area contributed by atoms with Crippen molar-refractivity contribution in [3.05, 3.63) is 36.4 Å². The van der Waals surface area contributed by atoms with Gasteiger partial charge in [0.1, 0.15) is 12.1 Å². The summed E-state index contributed by atoms with van der Waals surface area (Å²) in [7, 11) is 0. The molecule has 9 heteroatoms. The highest BCUT2D eigenvalue weighted by Crippen LogP contribution is 2.40. The monoisotopic (exact) mass is 442 g/mol. The van der Waals surface area contributed by atoms with E-state index in [4.69, 9.17) is 0 Å². The number of hydrogen-bond acceptors (Lipinski definition) is 5. The molecular weight excluding hydrogens is 408 g/mol. The van der Waals surface area contributed by atoms with Crippen LogP contribution < -0.4 is 5.32 Å². The van der Waals surface area contributed by atoms with E-state index >= 15 is 0 Å². The quantitative estimate of drug-likeness (QED) is 0.606. The Morgan fingerprint density at radius 2 is 1.97 bits per heavy atom. The fraction of sp³-hybridized carbons (Fsp3) is 0.652. The van der Waals surface area contributed by atoms with E-state index < -0.39 is 23.6 Å². The molecule has 2 aromatic rings. The minimum atomic E-state index is -0.715. The third-order valence-electron chi connectivity index (χ3n) is 6.27. The first-order valence-corrected chi connectivity index (χ1v) is 11.5. The molecule has 2 amide bonds. The first kappa shape index (κ1) is 22.5.